The minimum atomic E-state index is -0.944. The van der Waals surface area contributed by atoms with Crippen molar-refractivity contribution < 1.29 is 9.47 Å². The number of benzene rings is 6. The van der Waals surface area contributed by atoms with Crippen molar-refractivity contribution >= 4 is 45.4 Å². The maximum absolute atomic E-state index is 6.03. The molecule has 6 rings (SSSR count). The summed E-state index contributed by atoms with van der Waals surface area (Å²) in [5.74, 6) is 1.78. The molecule has 0 aliphatic carbocycles. The topological polar surface area (TPSA) is 18.5 Å². The highest BCUT2D eigenvalue weighted by molar-refractivity contribution is 7.80. The Labute approximate surface area is 218 Å². The molecule has 0 aliphatic rings. The van der Waals surface area contributed by atoms with Crippen LogP contribution in [0, 0.1) is 0 Å². The van der Waals surface area contributed by atoms with Crippen LogP contribution in [-0.4, -0.2) is 14.2 Å². The first kappa shape index (κ1) is 23.3. The van der Waals surface area contributed by atoms with Crippen LogP contribution in [0.5, 0.6) is 11.5 Å². The fourth-order valence-corrected chi connectivity index (χ4v) is 7.78. The third-order valence-corrected chi connectivity index (χ3v) is 9.37. The average molecular weight is 499 g/mol. The normalized spacial score (nSPS) is 11.9. The molecule has 0 N–H and O–H groups in total. The lowest BCUT2D eigenvalue weighted by Crippen LogP contribution is -2.23. The zero-order valence-corrected chi connectivity index (χ0v) is 21.8. The summed E-state index contributed by atoms with van der Waals surface area (Å²) >= 11 is 0. The Morgan fingerprint density at radius 1 is 0.432 bits per heavy atom. The van der Waals surface area contributed by atoms with Gasteiger partial charge in [0.25, 0.3) is 0 Å². The molecule has 6 aromatic carbocycles. The summed E-state index contributed by atoms with van der Waals surface area (Å²) in [6.07, 6.45) is 0. The highest BCUT2D eigenvalue weighted by atomic mass is 31.1. The van der Waals surface area contributed by atoms with E-state index in [0.29, 0.717) is 0 Å². The van der Waals surface area contributed by atoms with Crippen LogP contribution in [0.4, 0.5) is 0 Å². The van der Waals surface area contributed by atoms with Crippen molar-refractivity contribution in [2.45, 2.75) is 0 Å². The average Bonchev–Trinajstić information content (AvgIpc) is 2.97. The van der Waals surface area contributed by atoms with Crippen LogP contribution < -0.4 is 25.4 Å². The molecule has 0 aromatic heterocycles. The number of hydrogen-bond donors (Lipinski definition) is 0. The van der Waals surface area contributed by atoms with Gasteiger partial charge in [-0.3, -0.25) is 0 Å². The molecule has 0 bridgehead atoms. The summed E-state index contributed by atoms with van der Waals surface area (Å²) in [5, 5.41) is 8.55. The van der Waals surface area contributed by atoms with E-state index in [1.165, 1.54) is 43.0 Å². The van der Waals surface area contributed by atoms with E-state index in [2.05, 4.69) is 121 Å². The van der Waals surface area contributed by atoms with Gasteiger partial charge in [0.2, 0.25) is 0 Å². The smallest absolute Gasteiger partial charge is 0.127 e. The van der Waals surface area contributed by atoms with Crippen molar-refractivity contribution in [2.24, 2.45) is 0 Å². The predicted octanol–water partition coefficient (Wildman–Crippen LogP) is 7.44. The predicted molar refractivity (Wildman–Crippen MR) is 159 cm³/mol. The van der Waals surface area contributed by atoms with E-state index >= 15 is 0 Å². The number of methoxy groups -OCH3 is 2. The Morgan fingerprint density at radius 3 is 1.70 bits per heavy atom. The summed E-state index contributed by atoms with van der Waals surface area (Å²) in [5.41, 5.74) is 2.35. The minimum Gasteiger partial charge on any atom is -0.496 e. The molecule has 0 radical (unpaired) electrons. The van der Waals surface area contributed by atoms with Crippen molar-refractivity contribution in [3.63, 3.8) is 0 Å². The molecule has 3 heteroatoms. The van der Waals surface area contributed by atoms with Crippen LogP contribution in [0.1, 0.15) is 0 Å². The number of fused-ring (bicyclic) bond motifs is 2. The van der Waals surface area contributed by atoms with Gasteiger partial charge in [0, 0.05) is 16.4 Å². The summed E-state index contributed by atoms with van der Waals surface area (Å²) in [7, 11) is 2.58. The summed E-state index contributed by atoms with van der Waals surface area (Å²) < 4.78 is 11.9. The Bertz CT molecular complexity index is 1710. The van der Waals surface area contributed by atoms with E-state index in [9.17, 15) is 0 Å². The van der Waals surface area contributed by atoms with E-state index in [0.717, 1.165) is 17.1 Å². The summed E-state index contributed by atoms with van der Waals surface area (Å²) in [6, 6.07) is 45.2. The van der Waals surface area contributed by atoms with Crippen LogP contribution in [-0.2, 0) is 0 Å². The van der Waals surface area contributed by atoms with Gasteiger partial charge in [0.15, 0.2) is 0 Å². The van der Waals surface area contributed by atoms with Gasteiger partial charge in [0.1, 0.15) is 11.5 Å². The molecule has 6 aromatic rings. The second-order valence-corrected chi connectivity index (χ2v) is 11.0. The van der Waals surface area contributed by atoms with E-state index < -0.39 is 7.92 Å². The maximum atomic E-state index is 6.03. The van der Waals surface area contributed by atoms with Gasteiger partial charge in [-0.2, -0.15) is 0 Å². The monoisotopic (exact) mass is 498 g/mol. The largest absolute Gasteiger partial charge is 0.496 e. The lowest BCUT2D eigenvalue weighted by atomic mass is 9.93. The minimum absolute atomic E-state index is 0.874. The molecule has 0 spiro atoms. The maximum Gasteiger partial charge on any atom is 0.127 e. The van der Waals surface area contributed by atoms with Crippen LogP contribution >= 0.6 is 7.92 Å². The zero-order valence-electron chi connectivity index (χ0n) is 20.9. The number of hydrogen-bond acceptors (Lipinski definition) is 2. The molecule has 1 unspecified atom stereocenters. The SMILES string of the molecule is COc1ccccc1P(c1ccccc1)c1ccc2ccccc2c1-c1c(OC)ccc2ccccc12. The summed E-state index contributed by atoms with van der Waals surface area (Å²) in [6.45, 7) is 0. The first-order chi connectivity index (χ1) is 18.3. The Balaban J connectivity index is 1.78. The molecule has 0 aliphatic heterocycles. The molecule has 0 fully saturated rings. The van der Waals surface area contributed by atoms with Crippen molar-refractivity contribution in [1.29, 1.82) is 0 Å². The fourth-order valence-electron chi connectivity index (χ4n) is 5.19. The van der Waals surface area contributed by atoms with Crippen LogP contribution in [0.25, 0.3) is 32.7 Å². The standard InChI is InChI=1S/C34H27O2P/c1-35-29-18-10-11-19-31(29)37(26-14-4-3-5-15-26)32-23-21-25-13-7-9-17-28(25)34(32)33-27-16-8-6-12-24(27)20-22-30(33)36-2/h3-23H,1-2H3. The lowest BCUT2D eigenvalue weighted by molar-refractivity contribution is 0.417. The zero-order chi connectivity index (χ0) is 25.2. The molecule has 0 saturated heterocycles. The Hall–Kier alpha value is -4.13. The quantitative estimate of drug-likeness (QED) is 0.222. The van der Waals surface area contributed by atoms with Gasteiger partial charge < -0.3 is 9.47 Å². The molecule has 0 amide bonds. The Morgan fingerprint density at radius 2 is 1.00 bits per heavy atom. The van der Waals surface area contributed by atoms with Gasteiger partial charge in [-0.05, 0) is 52.2 Å². The van der Waals surface area contributed by atoms with Gasteiger partial charge in [-0.1, -0.05) is 115 Å². The lowest BCUT2D eigenvalue weighted by Gasteiger charge is -2.26. The second-order valence-electron chi connectivity index (χ2n) is 8.89. The molecular weight excluding hydrogens is 471 g/mol. The van der Waals surface area contributed by atoms with E-state index in [1.54, 1.807) is 14.2 Å². The van der Waals surface area contributed by atoms with Gasteiger partial charge in [0.05, 0.1) is 14.2 Å². The highest BCUT2D eigenvalue weighted by Gasteiger charge is 2.26. The van der Waals surface area contributed by atoms with Gasteiger partial charge >= 0.3 is 0 Å². The van der Waals surface area contributed by atoms with Gasteiger partial charge in [-0.25, -0.2) is 0 Å². The van der Waals surface area contributed by atoms with Crippen molar-refractivity contribution in [2.75, 3.05) is 14.2 Å². The van der Waals surface area contributed by atoms with Crippen molar-refractivity contribution in [3.8, 4) is 22.6 Å². The molecule has 0 heterocycles. The molecule has 1 atom stereocenters. The van der Waals surface area contributed by atoms with E-state index in [4.69, 9.17) is 9.47 Å². The first-order valence-corrected chi connectivity index (χ1v) is 13.7. The highest BCUT2D eigenvalue weighted by Crippen LogP contribution is 2.46. The Kier molecular flexibility index (Phi) is 6.35. The molecular formula is C34H27O2P. The summed E-state index contributed by atoms with van der Waals surface area (Å²) in [4.78, 5) is 0. The van der Waals surface area contributed by atoms with Gasteiger partial charge in [-0.15, -0.1) is 0 Å². The van der Waals surface area contributed by atoms with Crippen LogP contribution in [0.2, 0.25) is 0 Å². The van der Waals surface area contributed by atoms with Crippen molar-refractivity contribution in [1.82, 2.24) is 0 Å². The second kappa shape index (κ2) is 10.1. The van der Waals surface area contributed by atoms with Crippen LogP contribution in [0.15, 0.2) is 127 Å². The molecule has 180 valence electrons. The van der Waals surface area contributed by atoms with E-state index in [1.807, 2.05) is 6.07 Å². The number of ether oxygens (including phenoxy) is 2. The third kappa shape index (κ3) is 4.14. The molecule has 37 heavy (non-hydrogen) atoms. The first-order valence-electron chi connectivity index (χ1n) is 12.4. The number of para-hydroxylation sites is 1. The molecule has 0 saturated carbocycles. The number of rotatable bonds is 6. The van der Waals surface area contributed by atoms with E-state index in [-0.39, 0.29) is 0 Å². The van der Waals surface area contributed by atoms with Crippen molar-refractivity contribution in [3.05, 3.63) is 127 Å². The molecule has 2 nitrogen and oxygen atoms in total. The third-order valence-electron chi connectivity index (χ3n) is 6.85. The van der Waals surface area contributed by atoms with Crippen LogP contribution in [0.3, 0.4) is 0 Å². The fraction of sp³-hybridized carbons (Fsp3) is 0.0588.